The lowest BCUT2D eigenvalue weighted by molar-refractivity contribution is 0.0657. The fourth-order valence-electron chi connectivity index (χ4n) is 2.14. The molecule has 1 aliphatic heterocycles. The Balaban J connectivity index is 2.55. The molecule has 2 atom stereocenters. The van der Waals surface area contributed by atoms with Crippen molar-refractivity contribution in [1.29, 1.82) is 0 Å². The largest absolute Gasteiger partial charge is 0.383 e. The topological polar surface area (TPSA) is 12.5 Å². The van der Waals surface area contributed by atoms with Crippen molar-refractivity contribution in [2.24, 2.45) is 5.92 Å². The number of methoxy groups -OCH3 is 1. The summed E-state index contributed by atoms with van der Waals surface area (Å²) >= 11 is 0. The van der Waals surface area contributed by atoms with Crippen LogP contribution in [0.3, 0.4) is 0 Å². The first-order chi connectivity index (χ1) is 5.08. The van der Waals surface area contributed by atoms with Gasteiger partial charge in [-0.1, -0.05) is 6.92 Å². The van der Waals surface area contributed by atoms with E-state index in [1.807, 2.05) is 0 Å². The number of hydrogen-bond donors (Lipinski definition) is 0. The maximum absolute atomic E-state index is 5.21. The summed E-state index contributed by atoms with van der Waals surface area (Å²) in [7, 11) is 3.96. The molecule has 2 unspecified atom stereocenters. The second-order valence-electron chi connectivity index (χ2n) is 4.12. The first kappa shape index (κ1) is 9.01. The van der Waals surface area contributed by atoms with Gasteiger partial charge < -0.3 is 4.74 Å². The lowest BCUT2D eigenvalue weighted by Crippen LogP contribution is -2.42. The number of nitrogens with zero attached hydrogens (tertiary/aromatic N) is 1. The molecule has 0 aliphatic carbocycles. The van der Waals surface area contributed by atoms with Crippen LogP contribution in [0.5, 0.6) is 0 Å². The highest BCUT2D eigenvalue weighted by Crippen LogP contribution is 2.31. The van der Waals surface area contributed by atoms with Gasteiger partial charge in [-0.05, 0) is 26.3 Å². The second-order valence-corrected chi connectivity index (χ2v) is 4.12. The molecule has 0 aromatic carbocycles. The van der Waals surface area contributed by atoms with Gasteiger partial charge in [0.2, 0.25) is 0 Å². The average molecular weight is 157 g/mol. The van der Waals surface area contributed by atoms with Crippen molar-refractivity contribution in [3.63, 3.8) is 0 Å². The van der Waals surface area contributed by atoms with E-state index >= 15 is 0 Å². The van der Waals surface area contributed by atoms with Crippen molar-refractivity contribution >= 4 is 0 Å². The van der Waals surface area contributed by atoms with Gasteiger partial charge in [-0.25, -0.2) is 0 Å². The third kappa shape index (κ3) is 1.74. The Labute approximate surface area is 69.5 Å². The Bertz CT molecular complexity index is 138. The normalized spacial score (nSPS) is 39.8. The summed E-state index contributed by atoms with van der Waals surface area (Å²) in [4.78, 5) is 2.40. The minimum absolute atomic E-state index is 0.286. The maximum atomic E-state index is 5.21. The zero-order valence-electron chi connectivity index (χ0n) is 8.05. The highest BCUT2D eigenvalue weighted by Gasteiger charge is 2.37. The predicted octanol–water partition coefficient (Wildman–Crippen LogP) is 1.36. The zero-order chi connectivity index (χ0) is 8.48. The van der Waals surface area contributed by atoms with Crippen molar-refractivity contribution in [3.8, 4) is 0 Å². The fourth-order valence-corrected chi connectivity index (χ4v) is 2.14. The van der Waals surface area contributed by atoms with Crippen LogP contribution >= 0.6 is 0 Å². The van der Waals surface area contributed by atoms with Crippen LogP contribution in [0.25, 0.3) is 0 Å². The van der Waals surface area contributed by atoms with Crippen LogP contribution in [0.1, 0.15) is 20.3 Å². The van der Waals surface area contributed by atoms with Crippen molar-refractivity contribution in [2.75, 3.05) is 27.3 Å². The quantitative estimate of drug-likeness (QED) is 0.600. The molecule has 11 heavy (non-hydrogen) atoms. The number of ether oxygens (including phenoxy) is 1. The molecule has 0 saturated carbocycles. The third-order valence-corrected chi connectivity index (χ3v) is 2.75. The molecule has 1 saturated heterocycles. The first-order valence-electron chi connectivity index (χ1n) is 4.28. The number of likely N-dealkylation sites (N-methyl/N-ethyl adjacent to an activating group) is 1. The standard InChI is InChI=1S/C9H19NO/c1-8-5-9(2,7-11-4)10(3)6-8/h8H,5-7H2,1-4H3. The lowest BCUT2D eigenvalue weighted by Gasteiger charge is -2.31. The summed E-state index contributed by atoms with van der Waals surface area (Å²) in [6, 6.07) is 0. The van der Waals surface area contributed by atoms with E-state index in [0.717, 1.165) is 12.5 Å². The van der Waals surface area contributed by atoms with E-state index in [2.05, 4.69) is 25.8 Å². The van der Waals surface area contributed by atoms with Gasteiger partial charge in [-0.3, -0.25) is 4.90 Å². The van der Waals surface area contributed by atoms with E-state index in [4.69, 9.17) is 4.74 Å². The van der Waals surface area contributed by atoms with Gasteiger partial charge in [-0.15, -0.1) is 0 Å². The van der Waals surface area contributed by atoms with Crippen molar-refractivity contribution in [3.05, 3.63) is 0 Å². The van der Waals surface area contributed by atoms with Gasteiger partial charge in [0.1, 0.15) is 0 Å². The Morgan fingerprint density at radius 3 is 2.64 bits per heavy atom. The Morgan fingerprint density at radius 2 is 2.27 bits per heavy atom. The SMILES string of the molecule is COCC1(C)CC(C)CN1C. The summed E-state index contributed by atoms with van der Waals surface area (Å²) < 4.78 is 5.21. The molecular weight excluding hydrogens is 138 g/mol. The highest BCUT2D eigenvalue weighted by atomic mass is 16.5. The predicted molar refractivity (Wildman–Crippen MR) is 46.7 cm³/mol. The van der Waals surface area contributed by atoms with Crippen molar-refractivity contribution in [2.45, 2.75) is 25.8 Å². The molecule has 2 heteroatoms. The molecule has 1 aliphatic rings. The van der Waals surface area contributed by atoms with Crippen LogP contribution in [0, 0.1) is 5.92 Å². The molecule has 0 N–H and O–H groups in total. The molecule has 2 nitrogen and oxygen atoms in total. The number of likely N-dealkylation sites (tertiary alicyclic amines) is 1. The van der Waals surface area contributed by atoms with Crippen LogP contribution in [0.4, 0.5) is 0 Å². The summed E-state index contributed by atoms with van der Waals surface area (Å²) in [6.45, 7) is 6.64. The summed E-state index contributed by atoms with van der Waals surface area (Å²) in [5, 5.41) is 0. The first-order valence-corrected chi connectivity index (χ1v) is 4.28. The Kier molecular flexibility index (Phi) is 2.55. The molecule has 0 spiro atoms. The van der Waals surface area contributed by atoms with E-state index in [-0.39, 0.29) is 5.54 Å². The van der Waals surface area contributed by atoms with E-state index in [0.29, 0.717) is 0 Å². The van der Waals surface area contributed by atoms with Gasteiger partial charge in [0.25, 0.3) is 0 Å². The Hall–Kier alpha value is -0.0800. The molecule has 1 fully saturated rings. The van der Waals surface area contributed by atoms with E-state index < -0.39 is 0 Å². The smallest absolute Gasteiger partial charge is 0.0643 e. The van der Waals surface area contributed by atoms with Crippen LogP contribution in [0.15, 0.2) is 0 Å². The highest BCUT2D eigenvalue weighted by molar-refractivity contribution is 4.92. The summed E-state index contributed by atoms with van der Waals surface area (Å²) in [5.74, 6) is 0.820. The number of rotatable bonds is 2. The van der Waals surface area contributed by atoms with Crippen LogP contribution < -0.4 is 0 Å². The van der Waals surface area contributed by atoms with Gasteiger partial charge in [0.15, 0.2) is 0 Å². The zero-order valence-corrected chi connectivity index (χ0v) is 8.05. The van der Waals surface area contributed by atoms with Gasteiger partial charge in [-0.2, -0.15) is 0 Å². The summed E-state index contributed by atoms with van der Waals surface area (Å²) in [5.41, 5.74) is 0.286. The van der Waals surface area contributed by atoms with Gasteiger partial charge >= 0.3 is 0 Å². The van der Waals surface area contributed by atoms with Crippen molar-refractivity contribution in [1.82, 2.24) is 4.90 Å². The summed E-state index contributed by atoms with van der Waals surface area (Å²) in [6.07, 6.45) is 1.26. The number of hydrogen-bond acceptors (Lipinski definition) is 2. The molecule has 0 amide bonds. The minimum atomic E-state index is 0.286. The third-order valence-electron chi connectivity index (χ3n) is 2.75. The van der Waals surface area contributed by atoms with Gasteiger partial charge in [0.05, 0.1) is 6.61 Å². The molecular formula is C9H19NO. The second kappa shape index (κ2) is 3.11. The monoisotopic (exact) mass is 157 g/mol. The van der Waals surface area contributed by atoms with E-state index in [9.17, 15) is 0 Å². The van der Waals surface area contributed by atoms with E-state index in [1.165, 1.54) is 13.0 Å². The fraction of sp³-hybridized carbons (Fsp3) is 1.00. The van der Waals surface area contributed by atoms with Crippen LogP contribution in [-0.2, 0) is 4.74 Å². The molecule has 0 radical (unpaired) electrons. The van der Waals surface area contributed by atoms with Crippen LogP contribution in [-0.4, -0.2) is 37.7 Å². The lowest BCUT2D eigenvalue weighted by atomic mass is 9.96. The van der Waals surface area contributed by atoms with Crippen molar-refractivity contribution < 1.29 is 4.74 Å². The molecule has 1 heterocycles. The Morgan fingerprint density at radius 1 is 1.64 bits per heavy atom. The molecule has 1 rings (SSSR count). The maximum Gasteiger partial charge on any atom is 0.0643 e. The average Bonchev–Trinajstić information content (AvgIpc) is 2.08. The molecule has 0 aromatic rings. The van der Waals surface area contributed by atoms with Crippen LogP contribution in [0.2, 0.25) is 0 Å². The molecule has 66 valence electrons. The van der Waals surface area contributed by atoms with Gasteiger partial charge in [0, 0.05) is 19.2 Å². The molecule has 0 aromatic heterocycles. The molecule has 0 bridgehead atoms. The van der Waals surface area contributed by atoms with E-state index in [1.54, 1.807) is 7.11 Å². The minimum Gasteiger partial charge on any atom is -0.383 e.